The van der Waals surface area contributed by atoms with Gasteiger partial charge in [-0.2, -0.15) is 5.10 Å². The molecule has 0 spiro atoms. The number of carbonyl (C=O) groups excluding carboxylic acids is 1. The number of nitrogens with one attached hydrogen (secondary N) is 1. The van der Waals surface area contributed by atoms with Gasteiger partial charge < -0.3 is 10.2 Å². The van der Waals surface area contributed by atoms with Crippen LogP contribution in [-0.2, 0) is 7.05 Å². The molecular formula is C15H19N5O. The van der Waals surface area contributed by atoms with Gasteiger partial charge in [0.1, 0.15) is 11.5 Å². The molecule has 0 saturated carbocycles. The summed E-state index contributed by atoms with van der Waals surface area (Å²) in [6, 6.07) is 7.76. The molecule has 6 heteroatoms. The second-order valence-electron chi connectivity index (χ2n) is 5.32. The molecular weight excluding hydrogens is 266 g/mol. The van der Waals surface area contributed by atoms with Crippen molar-refractivity contribution in [2.45, 2.75) is 18.9 Å². The van der Waals surface area contributed by atoms with E-state index in [1.807, 2.05) is 18.2 Å². The molecule has 1 atom stereocenters. The van der Waals surface area contributed by atoms with Crippen LogP contribution in [0, 0.1) is 0 Å². The highest BCUT2D eigenvalue weighted by Gasteiger charge is 2.23. The number of hydrogen-bond acceptors (Lipinski definition) is 4. The fourth-order valence-electron chi connectivity index (χ4n) is 2.64. The van der Waals surface area contributed by atoms with E-state index in [1.165, 1.54) is 0 Å². The Bertz CT molecular complexity index is 610. The van der Waals surface area contributed by atoms with Crippen molar-refractivity contribution in [3.63, 3.8) is 0 Å². The van der Waals surface area contributed by atoms with Gasteiger partial charge >= 0.3 is 0 Å². The SMILES string of the molecule is Cn1ccc(C(=O)NC2CCCN(c3ccccn3)C2)n1. The molecule has 1 N–H and O–H groups in total. The summed E-state index contributed by atoms with van der Waals surface area (Å²) in [5, 5.41) is 7.20. The summed E-state index contributed by atoms with van der Waals surface area (Å²) in [6.45, 7) is 1.77. The van der Waals surface area contributed by atoms with Crippen molar-refractivity contribution >= 4 is 11.7 Å². The predicted octanol–water partition coefficient (Wildman–Crippen LogP) is 1.21. The lowest BCUT2D eigenvalue weighted by Gasteiger charge is -2.33. The van der Waals surface area contributed by atoms with Gasteiger partial charge in [-0.05, 0) is 31.0 Å². The zero-order valence-electron chi connectivity index (χ0n) is 12.1. The summed E-state index contributed by atoms with van der Waals surface area (Å²) in [6.07, 6.45) is 5.60. The van der Waals surface area contributed by atoms with Gasteiger partial charge in [-0.1, -0.05) is 6.07 Å². The summed E-state index contributed by atoms with van der Waals surface area (Å²) < 4.78 is 1.63. The lowest BCUT2D eigenvalue weighted by atomic mass is 10.1. The quantitative estimate of drug-likeness (QED) is 0.921. The molecule has 6 nitrogen and oxygen atoms in total. The Morgan fingerprint density at radius 3 is 3.00 bits per heavy atom. The van der Waals surface area contributed by atoms with E-state index in [0.717, 1.165) is 31.7 Å². The molecule has 0 aliphatic carbocycles. The van der Waals surface area contributed by atoms with Gasteiger partial charge in [-0.3, -0.25) is 9.48 Å². The number of hydrogen-bond donors (Lipinski definition) is 1. The lowest BCUT2D eigenvalue weighted by molar-refractivity contribution is 0.0927. The first-order valence-electron chi connectivity index (χ1n) is 7.19. The number of amides is 1. The molecule has 1 amide bonds. The van der Waals surface area contributed by atoms with Crippen molar-refractivity contribution in [2.24, 2.45) is 7.05 Å². The number of aromatic nitrogens is 3. The van der Waals surface area contributed by atoms with Gasteiger partial charge in [0.15, 0.2) is 0 Å². The van der Waals surface area contributed by atoms with Crippen LogP contribution in [0.15, 0.2) is 36.7 Å². The van der Waals surface area contributed by atoms with E-state index in [9.17, 15) is 4.79 Å². The highest BCUT2D eigenvalue weighted by Crippen LogP contribution is 2.17. The van der Waals surface area contributed by atoms with Crippen molar-refractivity contribution in [2.75, 3.05) is 18.0 Å². The van der Waals surface area contributed by atoms with Crippen LogP contribution in [0.2, 0.25) is 0 Å². The molecule has 1 saturated heterocycles. The van der Waals surface area contributed by atoms with Crippen LogP contribution in [-0.4, -0.2) is 39.8 Å². The van der Waals surface area contributed by atoms with Crippen LogP contribution < -0.4 is 10.2 Å². The minimum Gasteiger partial charge on any atom is -0.355 e. The van der Waals surface area contributed by atoms with Gasteiger partial charge in [-0.25, -0.2) is 4.98 Å². The minimum atomic E-state index is -0.108. The molecule has 1 unspecified atom stereocenters. The molecule has 3 rings (SSSR count). The van der Waals surface area contributed by atoms with E-state index in [0.29, 0.717) is 5.69 Å². The summed E-state index contributed by atoms with van der Waals surface area (Å²) >= 11 is 0. The zero-order chi connectivity index (χ0) is 14.7. The third kappa shape index (κ3) is 3.21. The average molecular weight is 285 g/mol. The normalized spacial score (nSPS) is 18.5. The van der Waals surface area contributed by atoms with Crippen LogP contribution >= 0.6 is 0 Å². The molecule has 110 valence electrons. The first-order valence-corrected chi connectivity index (χ1v) is 7.19. The summed E-state index contributed by atoms with van der Waals surface area (Å²) in [5.41, 5.74) is 0.465. The zero-order valence-corrected chi connectivity index (χ0v) is 12.1. The number of aryl methyl sites for hydroxylation is 1. The fraction of sp³-hybridized carbons (Fsp3) is 0.400. The number of nitrogens with zero attached hydrogens (tertiary/aromatic N) is 4. The monoisotopic (exact) mass is 285 g/mol. The van der Waals surface area contributed by atoms with E-state index in [2.05, 4.69) is 20.3 Å². The fourth-order valence-corrected chi connectivity index (χ4v) is 2.64. The molecule has 1 fully saturated rings. The van der Waals surface area contributed by atoms with E-state index in [-0.39, 0.29) is 11.9 Å². The third-order valence-electron chi connectivity index (χ3n) is 3.68. The maximum absolute atomic E-state index is 12.1. The Labute approximate surface area is 123 Å². The molecule has 3 heterocycles. The van der Waals surface area contributed by atoms with Crippen molar-refractivity contribution in [1.29, 1.82) is 0 Å². The Kier molecular flexibility index (Phi) is 3.85. The number of piperidine rings is 1. The van der Waals surface area contributed by atoms with Crippen molar-refractivity contribution in [3.05, 3.63) is 42.4 Å². The summed E-state index contributed by atoms with van der Waals surface area (Å²) in [7, 11) is 1.81. The second kappa shape index (κ2) is 5.95. The molecule has 0 radical (unpaired) electrons. The van der Waals surface area contributed by atoms with E-state index in [4.69, 9.17) is 0 Å². The standard InChI is InChI=1S/C15H19N5O/c1-19-10-7-13(18-19)15(21)17-12-5-4-9-20(11-12)14-6-2-3-8-16-14/h2-3,6-8,10,12H,4-5,9,11H2,1H3,(H,17,21). The number of anilines is 1. The molecule has 1 aliphatic heterocycles. The van der Waals surface area contributed by atoms with Crippen molar-refractivity contribution in [1.82, 2.24) is 20.1 Å². The first-order chi connectivity index (χ1) is 10.2. The molecule has 21 heavy (non-hydrogen) atoms. The molecule has 0 aromatic carbocycles. The second-order valence-corrected chi connectivity index (χ2v) is 5.32. The van der Waals surface area contributed by atoms with Gasteiger partial charge in [0.25, 0.3) is 5.91 Å². The smallest absolute Gasteiger partial charge is 0.272 e. The van der Waals surface area contributed by atoms with E-state index < -0.39 is 0 Å². The van der Waals surface area contributed by atoms with E-state index >= 15 is 0 Å². The first kappa shape index (κ1) is 13.6. The predicted molar refractivity (Wildman–Crippen MR) is 80.1 cm³/mol. The Hall–Kier alpha value is -2.37. The van der Waals surface area contributed by atoms with Gasteiger partial charge in [0, 0.05) is 38.6 Å². The van der Waals surface area contributed by atoms with Crippen LogP contribution in [0.1, 0.15) is 23.3 Å². The van der Waals surface area contributed by atoms with E-state index in [1.54, 1.807) is 30.2 Å². The minimum absolute atomic E-state index is 0.108. The number of pyridine rings is 1. The van der Waals surface area contributed by atoms with Gasteiger partial charge in [-0.15, -0.1) is 0 Å². The molecule has 2 aromatic heterocycles. The van der Waals surface area contributed by atoms with Gasteiger partial charge in [0.05, 0.1) is 0 Å². The van der Waals surface area contributed by atoms with Crippen LogP contribution in [0.25, 0.3) is 0 Å². The summed E-state index contributed by atoms with van der Waals surface area (Å²) in [5.74, 6) is 0.859. The molecule has 1 aliphatic rings. The maximum atomic E-state index is 12.1. The molecule has 0 bridgehead atoms. The molecule has 2 aromatic rings. The van der Waals surface area contributed by atoms with Crippen LogP contribution in [0.5, 0.6) is 0 Å². The lowest BCUT2D eigenvalue weighted by Crippen LogP contribution is -2.48. The number of rotatable bonds is 3. The third-order valence-corrected chi connectivity index (χ3v) is 3.68. The summed E-state index contributed by atoms with van der Waals surface area (Å²) in [4.78, 5) is 18.7. The highest BCUT2D eigenvalue weighted by atomic mass is 16.2. The van der Waals surface area contributed by atoms with Crippen molar-refractivity contribution in [3.8, 4) is 0 Å². The number of carbonyl (C=O) groups is 1. The Morgan fingerprint density at radius 2 is 2.29 bits per heavy atom. The average Bonchev–Trinajstić information content (AvgIpc) is 2.95. The Balaban J connectivity index is 1.62. The maximum Gasteiger partial charge on any atom is 0.272 e. The topological polar surface area (TPSA) is 63.1 Å². The van der Waals surface area contributed by atoms with Crippen LogP contribution in [0.3, 0.4) is 0 Å². The van der Waals surface area contributed by atoms with Crippen molar-refractivity contribution < 1.29 is 4.79 Å². The largest absolute Gasteiger partial charge is 0.355 e. The van der Waals surface area contributed by atoms with Crippen LogP contribution in [0.4, 0.5) is 5.82 Å². The highest BCUT2D eigenvalue weighted by molar-refractivity contribution is 5.92. The Morgan fingerprint density at radius 1 is 1.38 bits per heavy atom. The van der Waals surface area contributed by atoms with Gasteiger partial charge in [0.2, 0.25) is 0 Å².